The fourth-order valence-corrected chi connectivity index (χ4v) is 5.08. The third kappa shape index (κ3) is 4.65. The number of carbonyl (C=O) groups excluding carboxylic acids is 1. The second-order valence-corrected chi connectivity index (χ2v) is 9.07. The van der Waals surface area contributed by atoms with Crippen molar-refractivity contribution < 1.29 is 22.7 Å². The number of thiophene rings is 1. The maximum atomic E-state index is 13.1. The second kappa shape index (κ2) is 9.17. The number of hydrogen-bond acceptors (Lipinski definition) is 4. The minimum Gasteiger partial charge on any atom is -0.422 e. The summed E-state index contributed by atoms with van der Waals surface area (Å²) in [4.78, 5) is 17.6. The van der Waals surface area contributed by atoms with Crippen molar-refractivity contribution in [2.75, 3.05) is 0 Å². The minimum atomic E-state index is -4.48. The van der Waals surface area contributed by atoms with Crippen molar-refractivity contribution in [3.05, 3.63) is 106 Å². The Hall–Kier alpha value is -3.68. The van der Waals surface area contributed by atoms with Gasteiger partial charge in [-0.2, -0.15) is 13.2 Å². The first-order chi connectivity index (χ1) is 16.8. The third-order valence-electron chi connectivity index (χ3n) is 5.37. The van der Waals surface area contributed by atoms with E-state index in [0.717, 1.165) is 33.0 Å². The van der Waals surface area contributed by atoms with E-state index < -0.39 is 17.7 Å². The lowest BCUT2D eigenvalue weighted by Gasteiger charge is -2.10. The topological polar surface area (TPSA) is 38.7 Å². The number of ether oxygens (including phenoxy) is 1. The zero-order valence-electron chi connectivity index (χ0n) is 17.8. The van der Waals surface area contributed by atoms with Crippen LogP contribution in [0.4, 0.5) is 18.9 Å². The summed E-state index contributed by atoms with van der Waals surface area (Å²) in [5, 5.41) is 2.67. The predicted octanol–water partition coefficient (Wildman–Crippen LogP) is 8.70. The summed E-state index contributed by atoms with van der Waals surface area (Å²) in [7, 11) is 0. The van der Waals surface area contributed by atoms with Gasteiger partial charge in [0, 0.05) is 21.9 Å². The van der Waals surface area contributed by atoms with Gasteiger partial charge in [0.15, 0.2) is 0 Å². The van der Waals surface area contributed by atoms with Crippen LogP contribution in [0.3, 0.4) is 0 Å². The van der Waals surface area contributed by atoms with Gasteiger partial charge in [0.1, 0.15) is 10.6 Å². The van der Waals surface area contributed by atoms with Crippen LogP contribution >= 0.6 is 22.9 Å². The first-order valence-corrected chi connectivity index (χ1v) is 11.6. The van der Waals surface area contributed by atoms with Crippen LogP contribution in [0, 0.1) is 0 Å². The van der Waals surface area contributed by atoms with Crippen LogP contribution in [0.5, 0.6) is 5.75 Å². The first-order valence-electron chi connectivity index (χ1n) is 10.4. The molecular weight excluding hydrogens is 495 g/mol. The Morgan fingerprint density at radius 2 is 1.66 bits per heavy atom. The molecule has 174 valence electrons. The largest absolute Gasteiger partial charge is 0.422 e. The number of rotatable bonds is 4. The molecule has 0 fully saturated rings. The highest BCUT2D eigenvalue weighted by Gasteiger charge is 2.30. The van der Waals surface area contributed by atoms with Gasteiger partial charge in [-0.3, -0.25) is 4.99 Å². The van der Waals surface area contributed by atoms with Crippen LogP contribution in [-0.2, 0) is 6.18 Å². The van der Waals surface area contributed by atoms with E-state index in [1.165, 1.54) is 29.7 Å². The maximum absolute atomic E-state index is 13.1. The van der Waals surface area contributed by atoms with E-state index in [0.29, 0.717) is 10.6 Å². The van der Waals surface area contributed by atoms with E-state index in [-0.39, 0.29) is 16.3 Å². The summed E-state index contributed by atoms with van der Waals surface area (Å²) in [6.07, 6.45) is -3.07. The molecule has 1 heterocycles. The Balaban J connectivity index is 1.55. The fourth-order valence-electron chi connectivity index (χ4n) is 3.69. The second-order valence-electron chi connectivity index (χ2n) is 7.64. The van der Waals surface area contributed by atoms with E-state index >= 15 is 0 Å². The lowest BCUT2D eigenvalue weighted by molar-refractivity contribution is -0.137. The van der Waals surface area contributed by atoms with Gasteiger partial charge in [-0.15, -0.1) is 11.3 Å². The molecule has 8 heteroatoms. The van der Waals surface area contributed by atoms with Crippen molar-refractivity contribution in [2.45, 2.75) is 6.18 Å². The van der Waals surface area contributed by atoms with Gasteiger partial charge in [0.05, 0.1) is 16.3 Å². The summed E-state index contributed by atoms with van der Waals surface area (Å²) in [5.41, 5.74) is -0.209. The number of alkyl halides is 3. The standard InChI is InChI=1S/C27H15ClF3NO2S/c28-24-20-10-3-4-11-23(20)35-25(24)26(33)34-22-13-12-16-6-1-2-9-19(16)21(22)15-32-18-8-5-7-17(14-18)27(29,30)31/h1-15H. The van der Waals surface area contributed by atoms with Crippen molar-refractivity contribution in [1.29, 1.82) is 0 Å². The summed E-state index contributed by atoms with van der Waals surface area (Å²) >= 11 is 7.67. The minimum absolute atomic E-state index is 0.123. The van der Waals surface area contributed by atoms with Gasteiger partial charge in [0.2, 0.25) is 0 Å². The number of benzene rings is 4. The molecule has 0 bridgehead atoms. The molecule has 0 unspecified atom stereocenters. The molecule has 0 saturated heterocycles. The smallest absolute Gasteiger partial charge is 0.416 e. The van der Waals surface area contributed by atoms with Gasteiger partial charge in [-0.05, 0) is 41.1 Å². The molecular formula is C27H15ClF3NO2S. The number of halogens is 4. The third-order valence-corrected chi connectivity index (χ3v) is 7.03. The van der Waals surface area contributed by atoms with Crippen LogP contribution < -0.4 is 4.74 Å². The highest BCUT2D eigenvalue weighted by atomic mass is 35.5. The molecule has 5 rings (SSSR count). The zero-order valence-corrected chi connectivity index (χ0v) is 19.4. The molecule has 4 aromatic carbocycles. The van der Waals surface area contributed by atoms with Crippen molar-refractivity contribution >= 4 is 61.7 Å². The van der Waals surface area contributed by atoms with Crippen LogP contribution in [-0.4, -0.2) is 12.2 Å². The number of nitrogens with zero attached hydrogens (tertiary/aromatic N) is 1. The molecule has 0 radical (unpaired) electrons. The molecule has 0 aliphatic heterocycles. The molecule has 0 aliphatic carbocycles. The number of hydrogen-bond donors (Lipinski definition) is 0. The molecule has 35 heavy (non-hydrogen) atoms. The molecule has 0 N–H and O–H groups in total. The molecule has 5 aromatic rings. The first kappa shape index (κ1) is 23.1. The lowest BCUT2D eigenvalue weighted by atomic mass is 10.0. The number of aliphatic imine (C=N–C) groups is 1. The summed E-state index contributed by atoms with van der Waals surface area (Å²) in [6.45, 7) is 0. The lowest BCUT2D eigenvalue weighted by Crippen LogP contribution is -2.09. The Kier molecular flexibility index (Phi) is 6.05. The monoisotopic (exact) mass is 509 g/mol. The van der Waals surface area contributed by atoms with E-state index in [4.69, 9.17) is 16.3 Å². The number of esters is 1. The average Bonchev–Trinajstić information content (AvgIpc) is 3.19. The van der Waals surface area contributed by atoms with E-state index in [1.54, 1.807) is 12.1 Å². The van der Waals surface area contributed by atoms with Gasteiger partial charge in [-0.1, -0.05) is 66.2 Å². The Morgan fingerprint density at radius 1 is 0.914 bits per heavy atom. The normalized spacial score (nSPS) is 12.0. The summed E-state index contributed by atoms with van der Waals surface area (Å²) < 4.78 is 45.9. The average molecular weight is 510 g/mol. The van der Waals surface area contributed by atoms with Gasteiger partial charge >= 0.3 is 12.1 Å². The highest BCUT2D eigenvalue weighted by Crippen LogP contribution is 2.37. The Labute approximate surface area is 207 Å². The Morgan fingerprint density at radius 3 is 2.43 bits per heavy atom. The van der Waals surface area contributed by atoms with Gasteiger partial charge in [-0.25, -0.2) is 4.79 Å². The van der Waals surface area contributed by atoms with Gasteiger partial charge in [0.25, 0.3) is 0 Å². The van der Waals surface area contributed by atoms with Crippen LogP contribution in [0.15, 0.2) is 89.9 Å². The summed E-state index contributed by atoms with van der Waals surface area (Å²) in [5.74, 6) is -0.404. The van der Waals surface area contributed by atoms with Crippen molar-refractivity contribution in [2.24, 2.45) is 4.99 Å². The van der Waals surface area contributed by atoms with E-state index in [9.17, 15) is 18.0 Å². The predicted molar refractivity (Wildman–Crippen MR) is 134 cm³/mol. The molecule has 1 aromatic heterocycles. The fraction of sp³-hybridized carbons (Fsp3) is 0.0370. The number of fused-ring (bicyclic) bond motifs is 2. The highest BCUT2D eigenvalue weighted by molar-refractivity contribution is 7.21. The maximum Gasteiger partial charge on any atom is 0.416 e. The van der Waals surface area contributed by atoms with Crippen molar-refractivity contribution in [1.82, 2.24) is 0 Å². The molecule has 3 nitrogen and oxygen atoms in total. The summed E-state index contributed by atoms with van der Waals surface area (Å²) in [6, 6.07) is 22.9. The molecule has 0 saturated carbocycles. The number of carbonyl (C=O) groups is 1. The quantitative estimate of drug-likeness (QED) is 0.138. The molecule has 0 amide bonds. The van der Waals surface area contributed by atoms with Crippen LogP contribution in [0.1, 0.15) is 20.8 Å². The molecule has 0 spiro atoms. The van der Waals surface area contributed by atoms with Crippen molar-refractivity contribution in [3.63, 3.8) is 0 Å². The van der Waals surface area contributed by atoms with Crippen molar-refractivity contribution in [3.8, 4) is 5.75 Å². The zero-order chi connectivity index (χ0) is 24.6. The molecule has 0 atom stereocenters. The van der Waals surface area contributed by atoms with Gasteiger partial charge < -0.3 is 4.74 Å². The van der Waals surface area contributed by atoms with Crippen LogP contribution in [0.25, 0.3) is 20.9 Å². The SMILES string of the molecule is O=C(Oc1ccc2ccccc2c1C=Nc1cccc(C(F)(F)F)c1)c1sc2ccccc2c1Cl. The van der Waals surface area contributed by atoms with Crippen LogP contribution in [0.2, 0.25) is 5.02 Å². The Bertz CT molecular complexity index is 1610. The molecule has 0 aliphatic rings. The van der Waals surface area contributed by atoms with E-state index in [1.807, 2.05) is 48.5 Å². The van der Waals surface area contributed by atoms with E-state index in [2.05, 4.69) is 4.99 Å².